The number of ether oxygens (including phenoxy) is 1. The predicted molar refractivity (Wildman–Crippen MR) is 146 cm³/mol. The second-order valence-electron chi connectivity index (χ2n) is 9.52. The molecule has 1 atom stereocenters. The Bertz CT molecular complexity index is 1460. The molecule has 1 unspecified atom stereocenters. The van der Waals surface area contributed by atoms with E-state index in [4.69, 9.17) is 27.9 Å². The Hall–Kier alpha value is -2.88. The maximum atomic E-state index is 13.7. The normalized spacial score (nSPS) is 16.9. The lowest BCUT2D eigenvalue weighted by molar-refractivity contribution is -0.0145. The summed E-state index contributed by atoms with van der Waals surface area (Å²) < 4.78 is 20.2. The first kappa shape index (κ1) is 25.8. The Morgan fingerprint density at radius 2 is 1.92 bits per heavy atom. The van der Waals surface area contributed by atoms with Crippen LogP contribution in [0.4, 0.5) is 4.39 Å². The standard InChI is InChI=1S/C30H28Cl2FN3O/c1-2-36(13-10-21-18-35-29-26(21)15-24(31)16-28(29)32)12-3-11-30(23-5-7-25(33)8-6-23)27-9-4-20(17-34)14-22(27)19-37-30/h4-9,14-16,18,35H,2-3,10-13,19H2,1H3. The summed E-state index contributed by atoms with van der Waals surface area (Å²) in [6.45, 7) is 5.34. The minimum Gasteiger partial charge on any atom is -0.361 e. The van der Waals surface area contributed by atoms with Crippen molar-refractivity contribution in [2.24, 2.45) is 0 Å². The Balaban J connectivity index is 1.31. The molecule has 0 spiro atoms. The van der Waals surface area contributed by atoms with Crippen molar-refractivity contribution in [2.75, 3.05) is 19.6 Å². The monoisotopic (exact) mass is 535 g/mol. The molecule has 0 saturated heterocycles. The first-order valence-corrected chi connectivity index (χ1v) is 13.3. The second kappa shape index (κ2) is 10.8. The number of hydrogen-bond donors (Lipinski definition) is 1. The third-order valence-electron chi connectivity index (χ3n) is 7.39. The van der Waals surface area contributed by atoms with Crippen molar-refractivity contribution >= 4 is 34.1 Å². The molecule has 0 bridgehead atoms. The van der Waals surface area contributed by atoms with Gasteiger partial charge in [-0.25, -0.2) is 4.39 Å². The van der Waals surface area contributed by atoms with E-state index < -0.39 is 5.60 Å². The number of likely N-dealkylation sites (N-methyl/N-ethyl adjacent to an activating group) is 1. The van der Waals surface area contributed by atoms with Gasteiger partial charge < -0.3 is 14.6 Å². The van der Waals surface area contributed by atoms with E-state index in [1.54, 1.807) is 6.07 Å². The lowest BCUT2D eigenvalue weighted by Crippen LogP contribution is -2.31. The Morgan fingerprint density at radius 1 is 1.11 bits per heavy atom. The number of rotatable bonds is 9. The van der Waals surface area contributed by atoms with Crippen LogP contribution in [0.1, 0.15) is 47.6 Å². The van der Waals surface area contributed by atoms with E-state index in [-0.39, 0.29) is 5.82 Å². The molecule has 5 rings (SSSR count). The molecule has 37 heavy (non-hydrogen) atoms. The summed E-state index contributed by atoms with van der Waals surface area (Å²) in [5, 5.41) is 11.7. The van der Waals surface area contributed by atoms with Gasteiger partial charge in [0.05, 0.1) is 28.8 Å². The highest BCUT2D eigenvalue weighted by Crippen LogP contribution is 2.45. The summed E-state index contributed by atoms with van der Waals surface area (Å²) in [6, 6.07) is 18.3. The molecule has 0 radical (unpaired) electrons. The van der Waals surface area contributed by atoms with E-state index in [1.165, 1.54) is 17.7 Å². The molecular weight excluding hydrogens is 508 g/mol. The molecule has 7 heteroatoms. The first-order chi connectivity index (χ1) is 17.9. The zero-order chi connectivity index (χ0) is 26.0. The van der Waals surface area contributed by atoms with Gasteiger partial charge in [-0.2, -0.15) is 5.26 Å². The van der Waals surface area contributed by atoms with E-state index in [0.29, 0.717) is 22.2 Å². The van der Waals surface area contributed by atoms with E-state index in [0.717, 1.165) is 66.5 Å². The van der Waals surface area contributed by atoms with Gasteiger partial charge in [-0.15, -0.1) is 0 Å². The Labute approximate surface area is 226 Å². The highest BCUT2D eigenvalue weighted by atomic mass is 35.5. The maximum Gasteiger partial charge on any atom is 0.123 e. The van der Waals surface area contributed by atoms with Crippen molar-refractivity contribution in [2.45, 2.75) is 38.4 Å². The largest absolute Gasteiger partial charge is 0.361 e. The molecule has 0 fully saturated rings. The summed E-state index contributed by atoms with van der Waals surface area (Å²) in [5.41, 5.74) is 5.10. The number of aromatic nitrogens is 1. The molecule has 1 N–H and O–H groups in total. The van der Waals surface area contributed by atoms with Gasteiger partial charge in [-0.05, 0) is 91.0 Å². The van der Waals surface area contributed by atoms with Crippen LogP contribution in [-0.2, 0) is 23.4 Å². The molecule has 3 aromatic carbocycles. The van der Waals surface area contributed by atoms with Gasteiger partial charge in [-0.3, -0.25) is 0 Å². The average Bonchev–Trinajstić information content (AvgIpc) is 3.48. The SMILES string of the molecule is CCN(CCCC1(c2ccc(F)cc2)OCc2cc(C#N)ccc21)CCc1c[nH]c2c(Cl)cc(Cl)cc12. The lowest BCUT2D eigenvalue weighted by atomic mass is 9.81. The van der Waals surface area contributed by atoms with Crippen LogP contribution in [0.5, 0.6) is 0 Å². The molecule has 190 valence electrons. The van der Waals surface area contributed by atoms with Crippen molar-refractivity contribution in [3.63, 3.8) is 0 Å². The smallest absolute Gasteiger partial charge is 0.123 e. The minimum atomic E-state index is -0.652. The molecule has 1 aliphatic heterocycles. The van der Waals surface area contributed by atoms with Gasteiger partial charge in [0.2, 0.25) is 0 Å². The van der Waals surface area contributed by atoms with Gasteiger partial charge in [-0.1, -0.05) is 48.3 Å². The fourth-order valence-electron chi connectivity index (χ4n) is 5.44. The van der Waals surface area contributed by atoms with E-state index in [2.05, 4.69) is 22.9 Å². The van der Waals surface area contributed by atoms with Crippen LogP contribution >= 0.6 is 23.2 Å². The van der Waals surface area contributed by atoms with Crippen LogP contribution in [-0.4, -0.2) is 29.5 Å². The molecule has 4 nitrogen and oxygen atoms in total. The fourth-order valence-corrected chi connectivity index (χ4v) is 5.99. The summed E-state index contributed by atoms with van der Waals surface area (Å²) in [7, 11) is 0. The average molecular weight is 536 g/mol. The van der Waals surface area contributed by atoms with Crippen molar-refractivity contribution in [1.82, 2.24) is 9.88 Å². The summed E-state index contributed by atoms with van der Waals surface area (Å²) >= 11 is 12.6. The number of nitrogens with zero attached hydrogens (tertiary/aromatic N) is 2. The number of halogens is 3. The van der Waals surface area contributed by atoms with Crippen LogP contribution < -0.4 is 0 Å². The Morgan fingerprint density at radius 3 is 2.68 bits per heavy atom. The maximum absolute atomic E-state index is 13.7. The van der Waals surface area contributed by atoms with Crippen molar-refractivity contribution in [1.29, 1.82) is 5.26 Å². The summed E-state index contributed by atoms with van der Waals surface area (Å²) in [4.78, 5) is 5.71. The Kier molecular flexibility index (Phi) is 7.55. The zero-order valence-corrected chi connectivity index (χ0v) is 22.2. The number of hydrogen-bond acceptors (Lipinski definition) is 3. The van der Waals surface area contributed by atoms with E-state index >= 15 is 0 Å². The van der Waals surface area contributed by atoms with Crippen LogP contribution in [0, 0.1) is 17.1 Å². The molecule has 4 aromatic rings. The highest BCUT2D eigenvalue weighted by molar-refractivity contribution is 6.38. The fraction of sp³-hybridized carbons (Fsp3) is 0.300. The third kappa shape index (κ3) is 5.12. The van der Waals surface area contributed by atoms with Gasteiger partial charge in [0.15, 0.2) is 0 Å². The number of nitriles is 1. The highest BCUT2D eigenvalue weighted by Gasteiger charge is 2.41. The summed E-state index contributed by atoms with van der Waals surface area (Å²) in [6.07, 6.45) is 4.55. The molecule has 2 heterocycles. The molecule has 0 saturated carbocycles. The van der Waals surface area contributed by atoms with Gasteiger partial charge >= 0.3 is 0 Å². The molecule has 1 aliphatic rings. The van der Waals surface area contributed by atoms with Gasteiger partial charge in [0.1, 0.15) is 11.4 Å². The number of fused-ring (bicyclic) bond motifs is 2. The third-order valence-corrected chi connectivity index (χ3v) is 7.91. The lowest BCUT2D eigenvalue weighted by Gasteiger charge is -2.32. The molecule has 0 aliphatic carbocycles. The second-order valence-corrected chi connectivity index (χ2v) is 10.4. The van der Waals surface area contributed by atoms with Crippen LogP contribution in [0.15, 0.2) is 60.8 Å². The topological polar surface area (TPSA) is 52.0 Å². The molecule has 1 aromatic heterocycles. The number of aromatic amines is 1. The molecule has 0 amide bonds. The van der Waals surface area contributed by atoms with Crippen LogP contribution in [0.2, 0.25) is 10.0 Å². The number of nitrogens with one attached hydrogen (secondary N) is 1. The molecular formula is C30H28Cl2FN3O. The van der Waals surface area contributed by atoms with E-state index in [9.17, 15) is 9.65 Å². The zero-order valence-electron chi connectivity index (χ0n) is 20.7. The van der Waals surface area contributed by atoms with Crippen LogP contribution in [0.3, 0.4) is 0 Å². The summed E-state index contributed by atoms with van der Waals surface area (Å²) in [5.74, 6) is -0.269. The first-order valence-electron chi connectivity index (χ1n) is 12.5. The van der Waals surface area contributed by atoms with Gasteiger partial charge in [0.25, 0.3) is 0 Å². The number of benzene rings is 3. The quantitative estimate of drug-likeness (QED) is 0.240. The predicted octanol–water partition coefficient (Wildman–Crippen LogP) is 7.60. The number of H-pyrrole nitrogens is 1. The minimum absolute atomic E-state index is 0.269. The van der Waals surface area contributed by atoms with Crippen LogP contribution in [0.25, 0.3) is 10.9 Å². The van der Waals surface area contributed by atoms with Crippen molar-refractivity contribution in [3.8, 4) is 6.07 Å². The van der Waals surface area contributed by atoms with E-state index in [1.807, 2.05) is 42.6 Å². The van der Waals surface area contributed by atoms with Gasteiger partial charge in [0, 0.05) is 23.2 Å². The van der Waals surface area contributed by atoms with Crippen molar-refractivity contribution in [3.05, 3.63) is 104 Å². The van der Waals surface area contributed by atoms with Crippen molar-refractivity contribution < 1.29 is 9.13 Å².